The van der Waals surface area contributed by atoms with Crippen molar-refractivity contribution in [3.8, 4) is 0 Å². The van der Waals surface area contributed by atoms with E-state index in [-0.39, 0.29) is 0 Å². The minimum Gasteiger partial charge on any atom is -0.437 e. The highest BCUT2D eigenvalue weighted by Crippen LogP contribution is 2.25. The van der Waals surface area contributed by atoms with E-state index in [1.54, 1.807) is 6.92 Å². The summed E-state index contributed by atoms with van der Waals surface area (Å²) in [6, 6.07) is 0.834. The fourth-order valence-electron chi connectivity index (χ4n) is 2.13. The van der Waals surface area contributed by atoms with Gasteiger partial charge in [0.2, 0.25) is 0 Å². The normalized spacial score (nSPS) is 13.1. The predicted molar refractivity (Wildman–Crippen MR) is 92.9 cm³/mol. The van der Waals surface area contributed by atoms with Crippen molar-refractivity contribution in [3.05, 3.63) is 0 Å². The van der Waals surface area contributed by atoms with Gasteiger partial charge in [-0.1, -0.05) is 0 Å². The lowest BCUT2D eigenvalue weighted by Crippen LogP contribution is -2.52. The number of hydrogen-bond donors (Lipinski definition) is 0. The van der Waals surface area contributed by atoms with Gasteiger partial charge in [0.05, 0.1) is 13.2 Å². The number of ether oxygens (including phenoxy) is 2. The third-order valence-electron chi connectivity index (χ3n) is 2.30. The molecule has 0 aliphatic heterocycles. The van der Waals surface area contributed by atoms with E-state index in [1.807, 2.05) is 0 Å². The minimum absolute atomic E-state index is 0.336. The zero-order chi connectivity index (χ0) is 16.7. The van der Waals surface area contributed by atoms with Crippen molar-refractivity contribution in [2.45, 2.75) is 65.2 Å². The number of carbonyl (C=O) groups is 1. The first kappa shape index (κ1) is 20.8. The Kier molecular flexibility index (Phi) is 8.40. The molecule has 0 aromatic carbocycles. The van der Waals surface area contributed by atoms with Gasteiger partial charge in [0.15, 0.2) is 16.6 Å². The summed E-state index contributed by atoms with van der Waals surface area (Å²) < 4.78 is 22.5. The lowest BCUT2D eigenvalue weighted by Gasteiger charge is -2.38. The molecule has 5 nitrogen and oxygen atoms in total. The molecule has 0 amide bonds. The van der Waals surface area contributed by atoms with Crippen LogP contribution >= 0.6 is 0 Å². The van der Waals surface area contributed by atoms with Crippen LogP contribution in [0.1, 0.15) is 13.3 Å². The molecule has 0 atom stereocenters. The molecule has 0 rings (SSSR count). The summed E-state index contributed by atoms with van der Waals surface area (Å²) in [5.41, 5.74) is 0. The highest BCUT2D eigenvalue weighted by molar-refractivity contribution is 6.87. The van der Waals surface area contributed by atoms with Crippen LogP contribution < -0.4 is 0 Å². The van der Waals surface area contributed by atoms with Crippen molar-refractivity contribution in [2.24, 2.45) is 0 Å². The standard InChI is InChI=1S/C13H32O5Si3/c1-9-15-13(14)16-11-10-12-21(8,17-19(2,3)4)18-20(5,6)7/h9-12H2,1-8H3. The van der Waals surface area contributed by atoms with Crippen LogP contribution in [-0.4, -0.2) is 44.6 Å². The van der Waals surface area contributed by atoms with Crippen molar-refractivity contribution in [1.29, 1.82) is 0 Å². The molecular formula is C13H32O5Si3. The lowest BCUT2D eigenvalue weighted by molar-refractivity contribution is 0.0588. The number of carbonyl (C=O) groups excluding carboxylic acids is 1. The Hall–Kier alpha value is -0.159. The number of rotatable bonds is 9. The first-order valence-electron chi connectivity index (χ1n) is 7.57. The predicted octanol–water partition coefficient (Wildman–Crippen LogP) is 4.32. The van der Waals surface area contributed by atoms with Crippen LogP contribution in [0.25, 0.3) is 0 Å². The maximum atomic E-state index is 11.1. The molecule has 8 heteroatoms. The zero-order valence-corrected chi connectivity index (χ0v) is 17.9. The van der Waals surface area contributed by atoms with Crippen LogP contribution in [-0.2, 0) is 17.7 Å². The Bertz CT molecular complexity index is 307. The molecule has 126 valence electrons. The summed E-state index contributed by atoms with van der Waals surface area (Å²) in [4.78, 5) is 11.1. The van der Waals surface area contributed by atoms with Gasteiger partial charge in [0.25, 0.3) is 0 Å². The first-order valence-corrected chi connectivity index (χ1v) is 16.9. The van der Waals surface area contributed by atoms with Gasteiger partial charge in [-0.15, -0.1) is 0 Å². The third kappa shape index (κ3) is 12.1. The van der Waals surface area contributed by atoms with Gasteiger partial charge in [-0.05, 0) is 65.2 Å². The molecule has 21 heavy (non-hydrogen) atoms. The Morgan fingerprint density at radius 2 is 1.33 bits per heavy atom. The van der Waals surface area contributed by atoms with Crippen molar-refractivity contribution in [3.63, 3.8) is 0 Å². The van der Waals surface area contributed by atoms with E-state index < -0.39 is 31.4 Å². The molecule has 0 saturated carbocycles. The second-order valence-electron chi connectivity index (χ2n) is 7.20. The molecule has 0 saturated heterocycles. The fourth-order valence-corrected chi connectivity index (χ4v) is 14.6. The van der Waals surface area contributed by atoms with Crippen molar-refractivity contribution < 1.29 is 22.5 Å². The Balaban J connectivity index is 4.45. The maximum Gasteiger partial charge on any atom is 0.508 e. The van der Waals surface area contributed by atoms with Crippen molar-refractivity contribution in [1.82, 2.24) is 0 Å². The van der Waals surface area contributed by atoms with Crippen LogP contribution in [0.2, 0.25) is 51.9 Å². The van der Waals surface area contributed by atoms with Crippen molar-refractivity contribution in [2.75, 3.05) is 13.2 Å². The average Bonchev–Trinajstić information content (AvgIpc) is 2.19. The Labute approximate surface area is 132 Å². The summed E-state index contributed by atoms with van der Waals surface area (Å²) in [6.45, 7) is 17.7. The van der Waals surface area contributed by atoms with Crippen LogP contribution in [0, 0.1) is 0 Å². The van der Waals surface area contributed by atoms with Gasteiger partial charge in [-0.3, -0.25) is 0 Å². The summed E-state index contributed by atoms with van der Waals surface area (Å²) >= 11 is 0. The van der Waals surface area contributed by atoms with Crippen molar-refractivity contribution >= 4 is 31.4 Å². The van der Waals surface area contributed by atoms with E-state index in [2.05, 4.69) is 45.8 Å². The molecular weight excluding hydrogens is 320 g/mol. The van der Waals surface area contributed by atoms with Gasteiger partial charge in [-0.25, -0.2) is 4.79 Å². The molecule has 0 aromatic rings. The average molecular weight is 353 g/mol. The Morgan fingerprint density at radius 3 is 1.71 bits per heavy atom. The molecule has 0 unspecified atom stereocenters. The van der Waals surface area contributed by atoms with Crippen LogP contribution in [0.15, 0.2) is 0 Å². The molecule has 0 bridgehead atoms. The van der Waals surface area contributed by atoms with Gasteiger partial charge < -0.3 is 17.7 Å². The maximum absolute atomic E-state index is 11.1. The smallest absolute Gasteiger partial charge is 0.437 e. The van der Waals surface area contributed by atoms with Crippen LogP contribution in [0.3, 0.4) is 0 Å². The van der Waals surface area contributed by atoms with E-state index in [4.69, 9.17) is 17.7 Å². The van der Waals surface area contributed by atoms with Gasteiger partial charge in [0, 0.05) is 0 Å². The van der Waals surface area contributed by atoms with Crippen LogP contribution in [0.5, 0.6) is 0 Å². The zero-order valence-electron chi connectivity index (χ0n) is 14.9. The van der Waals surface area contributed by atoms with Gasteiger partial charge >= 0.3 is 14.7 Å². The fraction of sp³-hybridized carbons (Fsp3) is 0.923. The second kappa shape index (κ2) is 8.47. The van der Waals surface area contributed by atoms with E-state index in [9.17, 15) is 4.79 Å². The topological polar surface area (TPSA) is 54.0 Å². The Morgan fingerprint density at radius 1 is 0.857 bits per heavy atom. The van der Waals surface area contributed by atoms with E-state index >= 15 is 0 Å². The van der Waals surface area contributed by atoms with Gasteiger partial charge in [-0.2, -0.15) is 0 Å². The van der Waals surface area contributed by atoms with E-state index in [0.717, 1.165) is 12.5 Å². The highest BCUT2D eigenvalue weighted by Gasteiger charge is 2.39. The summed E-state index contributed by atoms with van der Waals surface area (Å²) in [5, 5.41) is 0. The lowest BCUT2D eigenvalue weighted by atomic mass is 10.5. The SMILES string of the molecule is CCOC(=O)OCCC[Si](C)(O[Si](C)(C)C)O[Si](C)(C)C. The van der Waals surface area contributed by atoms with E-state index in [0.29, 0.717) is 13.2 Å². The molecule has 0 aliphatic carbocycles. The summed E-state index contributed by atoms with van der Waals surface area (Å²) in [5.74, 6) is 0. The number of hydrogen-bond acceptors (Lipinski definition) is 5. The molecule has 0 radical (unpaired) electrons. The minimum atomic E-state index is -2.22. The molecule has 0 fully saturated rings. The molecule has 0 spiro atoms. The summed E-state index contributed by atoms with van der Waals surface area (Å²) in [7, 11) is -5.54. The quantitative estimate of drug-likeness (QED) is 0.351. The molecule has 0 heterocycles. The monoisotopic (exact) mass is 352 g/mol. The van der Waals surface area contributed by atoms with Gasteiger partial charge in [0.1, 0.15) is 0 Å². The second-order valence-corrected chi connectivity index (χ2v) is 20.0. The molecule has 0 aliphatic rings. The molecule has 0 N–H and O–H groups in total. The largest absolute Gasteiger partial charge is 0.508 e. The van der Waals surface area contributed by atoms with Crippen LogP contribution in [0.4, 0.5) is 4.79 Å². The highest BCUT2D eigenvalue weighted by atomic mass is 28.5. The van der Waals surface area contributed by atoms with E-state index in [1.165, 1.54) is 0 Å². The first-order chi connectivity index (χ1) is 9.37. The third-order valence-corrected chi connectivity index (χ3v) is 11.9. The summed E-state index contributed by atoms with van der Waals surface area (Å²) in [6.07, 6.45) is 0.148. The molecule has 0 aromatic heterocycles.